The zero-order valence-corrected chi connectivity index (χ0v) is 17.1. The van der Waals surface area contributed by atoms with Gasteiger partial charge in [-0.3, -0.25) is 4.79 Å². The predicted octanol–water partition coefficient (Wildman–Crippen LogP) is 2.97. The van der Waals surface area contributed by atoms with Crippen molar-refractivity contribution in [2.45, 2.75) is 32.0 Å². The number of carbonyl (C=O) groups is 2. The summed E-state index contributed by atoms with van der Waals surface area (Å²) in [6.07, 6.45) is 3.48. The first-order valence-electron chi connectivity index (χ1n) is 9.95. The summed E-state index contributed by atoms with van der Waals surface area (Å²) in [5.41, 5.74) is 1.03. The van der Waals surface area contributed by atoms with Crippen LogP contribution in [0.25, 0.3) is 0 Å². The number of amides is 3. The average molecular weight is 399 g/mol. The molecule has 0 bridgehead atoms. The van der Waals surface area contributed by atoms with Gasteiger partial charge in [0, 0.05) is 33.8 Å². The zero-order chi connectivity index (χ0) is 20.6. The molecular formula is C22H29N3O4. The molecule has 1 saturated heterocycles. The van der Waals surface area contributed by atoms with Crippen molar-refractivity contribution in [3.05, 3.63) is 60.1 Å². The molecule has 0 radical (unpaired) electrons. The maximum atomic E-state index is 13.2. The number of hydrogen-bond acceptors (Lipinski definition) is 4. The van der Waals surface area contributed by atoms with Gasteiger partial charge in [0.05, 0.1) is 18.9 Å². The number of benzene rings is 1. The molecular weight excluding hydrogens is 370 g/mol. The van der Waals surface area contributed by atoms with E-state index in [-0.39, 0.29) is 24.6 Å². The van der Waals surface area contributed by atoms with Crippen LogP contribution in [0.1, 0.15) is 24.2 Å². The Balaban J connectivity index is 1.73. The van der Waals surface area contributed by atoms with Gasteiger partial charge in [-0.15, -0.1) is 0 Å². The van der Waals surface area contributed by atoms with E-state index in [2.05, 4.69) is 0 Å². The summed E-state index contributed by atoms with van der Waals surface area (Å²) in [7, 11) is 3.39. The van der Waals surface area contributed by atoms with Crippen molar-refractivity contribution in [2.75, 3.05) is 33.8 Å². The largest absolute Gasteiger partial charge is 0.467 e. The van der Waals surface area contributed by atoms with Crippen LogP contribution in [-0.4, -0.2) is 66.5 Å². The molecule has 2 aromatic rings. The SMILES string of the molecule is CN(C)C(=O)N(CC(=O)N(Cc1ccccc1)Cc1ccco1)CC1CCCO1. The molecule has 1 fully saturated rings. The Bertz CT molecular complexity index is 771. The summed E-state index contributed by atoms with van der Waals surface area (Å²) >= 11 is 0. The number of urea groups is 1. The smallest absolute Gasteiger partial charge is 0.320 e. The van der Waals surface area contributed by atoms with Crippen molar-refractivity contribution >= 4 is 11.9 Å². The maximum absolute atomic E-state index is 13.2. The van der Waals surface area contributed by atoms with Crippen LogP contribution >= 0.6 is 0 Å². The molecule has 2 heterocycles. The number of carbonyl (C=O) groups excluding carboxylic acids is 2. The highest BCUT2D eigenvalue weighted by molar-refractivity contribution is 5.84. The Morgan fingerprint density at radius 1 is 1.03 bits per heavy atom. The van der Waals surface area contributed by atoms with E-state index in [1.165, 1.54) is 4.90 Å². The number of hydrogen-bond donors (Lipinski definition) is 0. The van der Waals surface area contributed by atoms with Crippen molar-refractivity contribution in [3.63, 3.8) is 0 Å². The third kappa shape index (κ3) is 6.09. The van der Waals surface area contributed by atoms with Gasteiger partial charge < -0.3 is 23.9 Å². The van der Waals surface area contributed by atoms with Crippen molar-refractivity contribution in [1.29, 1.82) is 0 Å². The van der Waals surface area contributed by atoms with Gasteiger partial charge in [-0.2, -0.15) is 0 Å². The topological polar surface area (TPSA) is 66.2 Å². The van der Waals surface area contributed by atoms with Crippen LogP contribution in [0.5, 0.6) is 0 Å². The maximum Gasteiger partial charge on any atom is 0.320 e. The summed E-state index contributed by atoms with van der Waals surface area (Å²) in [6, 6.07) is 13.3. The zero-order valence-electron chi connectivity index (χ0n) is 17.1. The van der Waals surface area contributed by atoms with Crippen LogP contribution in [0, 0.1) is 0 Å². The molecule has 0 N–H and O–H groups in total. The minimum Gasteiger partial charge on any atom is -0.467 e. The molecule has 3 rings (SSSR count). The highest BCUT2D eigenvalue weighted by Crippen LogP contribution is 2.16. The predicted molar refractivity (Wildman–Crippen MR) is 109 cm³/mol. The lowest BCUT2D eigenvalue weighted by Crippen LogP contribution is -2.48. The Morgan fingerprint density at radius 2 is 1.83 bits per heavy atom. The number of ether oxygens (including phenoxy) is 1. The molecule has 1 unspecified atom stereocenters. The van der Waals surface area contributed by atoms with Gasteiger partial charge in [0.2, 0.25) is 5.91 Å². The van der Waals surface area contributed by atoms with Crippen molar-refractivity contribution < 1.29 is 18.7 Å². The lowest BCUT2D eigenvalue weighted by atomic mass is 10.2. The Hall–Kier alpha value is -2.80. The van der Waals surface area contributed by atoms with E-state index < -0.39 is 0 Å². The van der Waals surface area contributed by atoms with Gasteiger partial charge in [-0.05, 0) is 30.5 Å². The highest BCUT2D eigenvalue weighted by atomic mass is 16.5. The highest BCUT2D eigenvalue weighted by Gasteiger charge is 2.27. The van der Waals surface area contributed by atoms with E-state index in [4.69, 9.17) is 9.15 Å². The van der Waals surface area contributed by atoms with Gasteiger partial charge >= 0.3 is 6.03 Å². The average Bonchev–Trinajstić information content (AvgIpc) is 3.41. The van der Waals surface area contributed by atoms with E-state index in [1.807, 2.05) is 36.4 Å². The van der Waals surface area contributed by atoms with Crippen LogP contribution in [0.2, 0.25) is 0 Å². The van der Waals surface area contributed by atoms with Crippen LogP contribution in [0.3, 0.4) is 0 Å². The van der Waals surface area contributed by atoms with Gasteiger partial charge in [0.25, 0.3) is 0 Å². The third-order valence-electron chi connectivity index (χ3n) is 4.92. The van der Waals surface area contributed by atoms with Crippen LogP contribution in [-0.2, 0) is 22.6 Å². The summed E-state index contributed by atoms with van der Waals surface area (Å²) in [4.78, 5) is 30.7. The Labute approximate surface area is 171 Å². The van der Waals surface area contributed by atoms with E-state index in [0.29, 0.717) is 32.0 Å². The first-order valence-corrected chi connectivity index (χ1v) is 9.95. The molecule has 1 aliphatic rings. The first-order chi connectivity index (χ1) is 14.0. The third-order valence-corrected chi connectivity index (χ3v) is 4.92. The molecule has 1 aliphatic heterocycles. The number of rotatable bonds is 8. The van der Waals surface area contributed by atoms with Crippen LogP contribution in [0.4, 0.5) is 4.79 Å². The van der Waals surface area contributed by atoms with Crippen molar-refractivity contribution in [3.8, 4) is 0 Å². The second-order valence-corrected chi connectivity index (χ2v) is 7.51. The molecule has 29 heavy (non-hydrogen) atoms. The monoisotopic (exact) mass is 399 g/mol. The Kier molecular flexibility index (Phi) is 7.30. The summed E-state index contributed by atoms with van der Waals surface area (Å²) in [5.74, 6) is 0.581. The molecule has 1 aromatic heterocycles. The lowest BCUT2D eigenvalue weighted by molar-refractivity contribution is -0.133. The lowest BCUT2D eigenvalue weighted by Gasteiger charge is -2.30. The van der Waals surface area contributed by atoms with E-state index in [9.17, 15) is 9.59 Å². The van der Waals surface area contributed by atoms with Crippen LogP contribution < -0.4 is 0 Å². The number of furan rings is 1. The fourth-order valence-corrected chi connectivity index (χ4v) is 3.42. The van der Waals surface area contributed by atoms with E-state index in [1.54, 1.807) is 36.2 Å². The quantitative estimate of drug-likeness (QED) is 0.685. The Morgan fingerprint density at radius 3 is 2.45 bits per heavy atom. The van der Waals surface area contributed by atoms with Gasteiger partial charge in [0.1, 0.15) is 12.3 Å². The molecule has 7 nitrogen and oxygen atoms in total. The van der Waals surface area contributed by atoms with Gasteiger partial charge in [-0.1, -0.05) is 30.3 Å². The molecule has 0 spiro atoms. The van der Waals surface area contributed by atoms with Gasteiger partial charge in [0.15, 0.2) is 0 Å². The normalized spacial score (nSPS) is 15.9. The first kappa shape index (κ1) is 20.9. The fraction of sp³-hybridized carbons (Fsp3) is 0.455. The molecule has 156 valence electrons. The summed E-state index contributed by atoms with van der Waals surface area (Å²) in [6.45, 7) is 1.93. The minimum absolute atomic E-state index is 0.00438. The molecule has 0 saturated carbocycles. The van der Waals surface area contributed by atoms with Crippen molar-refractivity contribution in [2.24, 2.45) is 0 Å². The summed E-state index contributed by atoms with van der Waals surface area (Å²) in [5, 5.41) is 0. The van der Waals surface area contributed by atoms with Crippen LogP contribution in [0.15, 0.2) is 53.1 Å². The minimum atomic E-state index is -0.188. The molecule has 3 amide bonds. The fourth-order valence-electron chi connectivity index (χ4n) is 3.42. The second-order valence-electron chi connectivity index (χ2n) is 7.51. The molecule has 1 aromatic carbocycles. The summed E-state index contributed by atoms with van der Waals surface area (Å²) < 4.78 is 11.1. The van der Waals surface area contributed by atoms with E-state index in [0.717, 1.165) is 18.4 Å². The van der Waals surface area contributed by atoms with Crippen molar-refractivity contribution in [1.82, 2.24) is 14.7 Å². The van der Waals surface area contributed by atoms with Gasteiger partial charge in [-0.25, -0.2) is 4.79 Å². The second kappa shape index (κ2) is 10.1. The molecule has 1 atom stereocenters. The molecule has 0 aliphatic carbocycles. The molecule has 7 heteroatoms. The number of nitrogens with zero attached hydrogens (tertiary/aromatic N) is 3. The van der Waals surface area contributed by atoms with E-state index >= 15 is 0 Å². The standard InChI is InChI=1S/C22H29N3O4/c1-23(2)22(27)25(16-20-11-7-13-29-20)17-21(26)24(15-19-10-6-12-28-19)14-18-8-4-3-5-9-18/h3-6,8-10,12,20H,7,11,13-17H2,1-2H3.